The highest BCUT2D eigenvalue weighted by Gasteiger charge is 2.40. The van der Waals surface area contributed by atoms with Gasteiger partial charge in [-0.1, -0.05) is 62.4 Å². The molecule has 0 aliphatic carbocycles. The first-order valence-electron chi connectivity index (χ1n) is 12.0. The minimum Gasteiger partial charge on any atom is -0.351 e. The van der Waals surface area contributed by atoms with Crippen molar-refractivity contribution in [2.75, 3.05) is 13.1 Å². The van der Waals surface area contributed by atoms with Crippen LogP contribution < -0.4 is 10.6 Å². The lowest BCUT2D eigenvalue weighted by Gasteiger charge is -2.33. The average Bonchev–Trinajstić information content (AvgIpc) is 3.38. The average molecular weight is 450 g/mol. The molecule has 1 aliphatic rings. The number of carbonyl (C=O) groups is 3. The second-order valence-electron chi connectivity index (χ2n) is 8.64. The summed E-state index contributed by atoms with van der Waals surface area (Å²) in [5.41, 5.74) is 0.905. The van der Waals surface area contributed by atoms with Gasteiger partial charge in [-0.3, -0.25) is 19.3 Å². The fourth-order valence-electron chi connectivity index (χ4n) is 4.49. The molecular weight excluding hydrogens is 414 g/mol. The zero-order valence-corrected chi connectivity index (χ0v) is 19.7. The van der Waals surface area contributed by atoms with Crippen LogP contribution in [0.2, 0.25) is 0 Å². The molecule has 1 heterocycles. The normalized spacial score (nSPS) is 16.5. The van der Waals surface area contributed by atoms with Gasteiger partial charge in [-0.05, 0) is 48.6 Å². The van der Waals surface area contributed by atoms with Crippen molar-refractivity contribution in [2.24, 2.45) is 5.92 Å². The van der Waals surface area contributed by atoms with Crippen molar-refractivity contribution in [1.82, 2.24) is 15.5 Å². The molecule has 1 saturated heterocycles. The van der Waals surface area contributed by atoms with E-state index in [2.05, 4.69) is 17.2 Å². The Hall–Kier alpha value is -2.99. The topological polar surface area (TPSA) is 78.5 Å². The van der Waals surface area contributed by atoms with Gasteiger partial charge in [0.2, 0.25) is 17.7 Å². The van der Waals surface area contributed by atoms with Gasteiger partial charge >= 0.3 is 0 Å². The monoisotopic (exact) mass is 449 g/mol. The lowest BCUT2D eigenvalue weighted by Crippen LogP contribution is -2.58. The lowest BCUT2D eigenvalue weighted by atomic mass is 9.96. The van der Waals surface area contributed by atoms with Crippen molar-refractivity contribution in [2.45, 2.75) is 58.0 Å². The van der Waals surface area contributed by atoms with E-state index in [1.807, 2.05) is 56.3 Å². The first-order valence-corrected chi connectivity index (χ1v) is 12.0. The number of amides is 3. The second kappa shape index (κ2) is 11.8. The summed E-state index contributed by atoms with van der Waals surface area (Å²) in [6.07, 6.45) is 4.64. The molecule has 2 N–H and O–H groups in total. The predicted octanol–water partition coefficient (Wildman–Crippen LogP) is 3.60. The van der Waals surface area contributed by atoms with Crippen LogP contribution in [0, 0.1) is 5.92 Å². The van der Waals surface area contributed by atoms with Crippen LogP contribution in [0.25, 0.3) is 10.8 Å². The van der Waals surface area contributed by atoms with E-state index in [1.165, 1.54) is 4.90 Å². The van der Waals surface area contributed by atoms with Crippen LogP contribution in [0.15, 0.2) is 55.1 Å². The van der Waals surface area contributed by atoms with Crippen LogP contribution in [0.3, 0.4) is 0 Å². The van der Waals surface area contributed by atoms with Crippen LogP contribution in [-0.2, 0) is 20.8 Å². The van der Waals surface area contributed by atoms with Gasteiger partial charge in [0.25, 0.3) is 0 Å². The third kappa shape index (κ3) is 5.88. The van der Waals surface area contributed by atoms with Crippen LogP contribution in [0.4, 0.5) is 0 Å². The molecule has 0 aromatic heterocycles. The first-order chi connectivity index (χ1) is 16.0. The molecule has 176 valence electrons. The van der Waals surface area contributed by atoms with E-state index in [0.29, 0.717) is 19.3 Å². The number of benzene rings is 2. The fourth-order valence-corrected chi connectivity index (χ4v) is 4.49. The highest BCUT2D eigenvalue weighted by Crippen LogP contribution is 2.23. The van der Waals surface area contributed by atoms with Crippen molar-refractivity contribution in [1.29, 1.82) is 0 Å². The van der Waals surface area contributed by atoms with Gasteiger partial charge < -0.3 is 10.6 Å². The van der Waals surface area contributed by atoms with Gasteiger partial charge in [0.1, 0.15) is 6.04 Å². The number of nitrogens with zero attached hydrogens (tertiary/aromatic N) is 1. The molecular formula is C27H35N3O3. The lowest BCUT2D eigenvalue weighted by molar-refractivity contribution is -0.155. The van der Waals surface area contributed by atoms with Gasteiger partial charge in [-0.15, -0.1) is 6.58 Å². The third-order valence-electron chi connectivity index (χ3n) is 6.45. The number of nitrogens with one attached hydrogen (secondary N) is 2. The first kappa shape index (κ1) is 24.6. The quantitative estimate of drug-likeness (QED) is 0.544. The van der Waals surface area contributed by atoms with Gasteiger partial charge in [0.05, 0.1) is 6.04 Å². The Bertz CT molecular complexity index is 979. The molecule has 2 aromatic carbocycles. The van der Waals surface area contributed by atoms with E-state index in [1.54, 1.807) is 6.08 Å². The Balaban J connectivity index is 2.01. The fraction of sp³-hybridized carbons (Fsp3) is 0.444. The maximum atomic E-state index is 13.6. The SMILES string of the molecule is C=CCNC(=O)[C@H](Cc1ccc2ccccc2c1)N(C(=O)C(CC)CC)C(=O)C1CCCN1. The van der Waals surface area contributed by atoms with Crippen LogP contribution in [-0.4, -0.2) is 47.8 Å². The molecule has 0 spiro atoms. The van der Waals surface area contributed by atoms with Gasteiger partial charge in [0, 0.05) is 18.9 Å². The number of carbonyl (C=O) groups excluding carboxylic acids is 3. The Kier molecular flexibility index (Phi) is 8.78. The maximum absolute atomic E-state index is 13.6. The van der Waals surface area contributed by atoms with E-state index < -0.39 is 12.1 Å². The van der Waals surface area contributed by atoms with E-state index in [9.17, 15) is 14.4 Å². The molecule has 0 radical (unpaired) electrons. The molecule has 1 unspecified atom stereocenters. The number of rotatable bonds is 10. The number of hydrogen-bond acceptors (Lipinski definition) is 4. The van der Waals surface area contributed by atoms with Crippen molar-refractivity contribution in [3.63, 3.8) is 0 Å². The van der Waals surface area contributed by atoms with Crippen molar-refractivity contribution in [3.8, 4) is 0 Å². The smallest absolute Gasteiger partial charge is 0.247 e. The predicted molar refractivity (Wildman–Crippen MR) is 132 cm³/mol. The summed E-state index contributed by atoms with van der Waals surface area (Å²) in [7, 11) is 0. The molecule has 3 amide bonds. The molecule has 1 aliphatic heterocycles. The summed E-state index contributed by atoms with van der Waals surface area (Å²) < 4.78 is 0. The Morgan fingerprint density at radius 2 is 1.88 bits per heavy atom. The van der Waals surface area contributed by atoms with Gasteiger partial charge in [0.15, 0.2) is 0 Å². The molecule has 33 heavy (non-hydrogen) atoms. The molecule has 3 rings (SSSR count). The number of hydrogen-bond donors (Lipinski definition) is 2. The highest BCUT2D eigenvalue weighted by atomic mass is 16.2. The molecule has 0 saturated carbocycles. The van der Waals surface area contributed by atoms with Gasteiger partial charge in [-0.25, -0.2) is 0 Å². The van der Waals surface area contributed by atoms with E-state index in [-0.39, 0.29) is 36.6 Å². The van der Waals surface area contributed by atoms with Gasteiger partial charge in [-0.2, -0.15) is 0 Å². The van der Waals surface area contributed by atoms with Crippen LogP contribution >= 0.6 is 0 Å². The summed E-state index contributed by atoms with van der Waals surface area (Å²) in [5.74, 6) is -1.21. The Morgan fingerprint density at radius 3 is 2.52 bits per heavy atom. The van der Waals surface area contributed by atoms with Crippen LogP contribution in [0.1, 0.15) is 45.1 Å². The summed E-state index contributed by atoms with van der Waals surface area (Å²) in [4.78, 5) is 41.8. The zero-order chi connectivity index (χ0) is 23.8. The minimum absolute atomic E-state index is 0.262. The highest BCUT2D eigenvalue weighted by molar-refractivity contribution is 6.03. The molecule has 2 atom stereocenters. The second-order valence-corrected chi connectivity index (χ2v) is 8.64. The third-order valence-corrected chi connectivity index (χ3v) is 6.45. The van der Waals surface area contributed by atoms with Crippen molar-refractivity contribution >= 4 is 28.5 Å². The Labute approximate surface area is 196 Å². The minimum atomic E-state index is -0.922. The van der Waals surface area contributed by atoms with E-state index in [4.69, 9.17) is 0 Å². The Morgan fingerprint density at radius 1 is 1.15 bits per heavy atom. The van der Waals surface area contributed by atoms with Crippen molar-refractivity contribution in [3.05, 3.63) is 60.7 Å². The standard InChI is InChI=1S/C27H35N3O3/c1-4-15-29-25(31)24(18-19-13-14-21-10-7-8-11-22(21)17-19)30(26(32)20(5-2)6-3)27(33)23-12-9-16-28-23/h4,7-8,10-11,13-14,17,20,23-24,28H,1,5-6,9,12,15-16,18H2,2-3H3,(H,29,31)/t23?,24-/m0/s1. The summed E-state index contributed by atoms with van der Waals surface area (Å²) in [6.45, 7) is 8.57. The summed E-state index contributed by atoms with van der Waals surface area (Å²) in [5, 5.41) is 8.18. The molecule has 6 heteroatoms. The summed E-state index contributed by atoms with van der Waals surface area (Å²) in [6, 6.07) is 12.7. The van der Waals surface area contributed by atoms with Crippen molar-refractivity contribution < 1.29 is 14.4 Å². The molecule has 0 bridgehead atoms. The van der Waals surface area contributed by atoms with Crippen LogP contribution in [0.5, 0.6) is 0 Å². The molecule has 1 fully saturated rings. The van der Waals surface area contributed by atoms with E-state index >= 15 is 0 Å². The number of fused-ring (bicyclic) bond motifs is 1. The summed E-state index contributed by atoms with van der Waals surface area (Å²) >= 11 is 0. The maximum Gasteiger partial charge on any atom is 0.247 e. The zero-order valence-electron chi connectivity index (χ0n) is 19.7. The van der Waals surface area contributed by atoms with E-state index in [0.717, 1.165) is 29.3 Å². The molecule has 6 nitrogen and oxygen atoms in total. The number of imide groups is 1. The molecule has 2 aromatic rings. The largest absolute Gasteiger partial charge is 0.351 e.